The van der Waals surface area contributed by atoms with Crippen LogP contribution in [0, 0.1) is 23.7 Å². The Balaban J connectivity index is 1.43. The normalized spacial score (nSPS) is 18.4. The fraction of sp³-hybridized carbons (Fsp3) is 0.400. The van der Waals surface area contributed by atoms with Crippen molar-refractivity contribution in [3.63, 3.8) is 0 Å². The van der Waals surface area contributed by atoms with E-state index in [4.69, 9.17) is 4.74 Å². The summed E-state index contributed by atoms with van der Waals surface area (Å²) in [4.78, 5) is 18.9. The Labute approximate surface area is 187 Å². The number of nitrogens with zero attached hydrogens (tertiary/aromatic N) is 4. The van der Waals surface area contributed by atoms with Gasteiger partial charge in [0.15, 0.2) is 5.82 Å². The summed E-state index contributed by atoms with van der Waals surface area (Å²) in [6, 6.07) is 7.92. The molecule has 1 saturated heterocycles. The summed E-state index contributed by atoms with van der Waals surface area (Å²) < 4.78 is 8.02. The fourth-order valence-electron chi connectivity index (χ4n) is 4.15. The Morgan fingerprint density at radius 2 is 2.16 bits per heavy atom. The molecule has 0 radical (unpaired) electrons. The molecular weight excluding hydrogens is 402 g/mol. The molecule has 1 atom stereocenters. The average Bonchev–Trinajstić information content (AvgIpc) is 3.44. The number of fused-ring (bicyclic) bond motifs is 1. The predicted octanol–water partition coefficient (Wildman–Crippen LogP) is 3.45. The lowest BCUT2D eigenvalue weighted by Gasteiger charge is -2.15. The second kappa shape index (κ2) is 8.64. The summed E-state index contributed by atoms with van der Waals surface area (Å²) in [5, 5.41) is 7.39. The van der Waals surface area contributed by atoms with Crippen LogP contribution in [0.1, 0.15) is 31.9 Å². The molecule has 7 nitrogen and oxygen atoms in total. The van der Waals surface area contributed by atoms with Crippen molar-refractivity contribution in [2.45, 2.75) is 26.2 Å². The largest absolute Gasteiger partial charge is 0.491 e. The van der Waals surface area contributed by atoms with Gasteiger partial charge in [-0.1, -0.05) is 5.92 Å². The summed E-state index contributed by atoms with van der Waals surface area (Å²) in [7, 11) is 2.15. The minimum Gasteiger partial charge on any atom is -0.491 e. The highest BCUT2D eigenvalue weighted by molar-refractivity contribution is 5.93. The van der Waals surface area contributed by atoms with Crippen LogP contribution in [0.25, 0.3) is 16.6 Å². The number of carbonyl (C=O) groups is 1. The smallest absolute Gasteiger partial charge is 0.228 e. The van der Waals surface area contributed by atoms with Crippen LogP contribution in [0.15, 0.2) is 36.7 Å². The first kappa shape index (κ1) is 20.5. The minimum atomic E-state index is 0.0544. The van der Waals surface area contributed by atoms with Crippen LogP contribution < -0.4 is 10.1 Å². The Kier molecular flexibility index (Phi) is 5.54. The van der Waals surface area contributed by atoms with E-state index in [9.17, 15) is 4.79 Å². The van der Waals surface area contributed by atoms with Gasteiger partial charge >= 0.3 is 0 Å². The molecule has 3 aromatic rings. The zero-order chi connectivity index (χ0) is 22.1. The van der Waals surface area contributed by atoms with Gasteiger partial charge in [-0.25, -0.2) is 9.50 Å². The second-order valence-electron chi connectivity index (χ2n) is 8.75. The van der Waals surface area contributed by atoms with Gasteiger partial charge < -0.3 is 15.0 Å². The van der Waals surface area contributed by atoms with Crippen molar-refractivity contribution in [1.29, 1.82) is 0 Å². The number of hydrogen-bond donors (Lipinski definition) is 1. The third-order valence-corrected chi connectivity index (χ3v) is 6.06. The van der Waals surface area contributed by atoms with Crippen LogP contribution in [0.2, 0.25) is 0 Å². The summed E-state index contributed by atoms with van der Waals surface area (Å²) in [6.45, 7) is 4.64. The van der Waals surface area contributed by atoms with Gasteiger partial charge in [0.25, 0.3) is 0 Å². The first-order chi connectivity index (χ1) is 15.6. The Morgan fingerprint density at radius 3 is 2.91 bits per heavy atom. The van der Waals surface area contributed by atoms with Gasteiger partial charge in [0, 0.05) is 36.2 Å². The number of ether oxygens (including phenoxy) is 1. The molecule has 5 rings (SSSR count). The second-order valence-corrected chi connectivity index (χ2v) is 8.75. The number of likely N-dealkylation sites (tertiary alicyclic amines) is 1. The highest BCUT2D eigenvalue weighted by atomic mass is 16.5. The van der Waals surface area contributed by atoms with E-state index in [1.54, 1.807) is 17.6 Å². The number of aromatic nitrogens is 3. The average molecular weight is 430 g/mol. The lowest BCUT2D eigenvalue weighted by molar-refractivity contribution is -0.117. The molecule has 2 aliphatic rings. The van der Waals surface area contributed by atoms with Gasteiger partial charge in [0.2, 0.25) is 5.91 Å². The Hall–Kier alpha value is -3.37. The first-order valence-corrected chi connectivity index (χ1v) is 11.1. The summed E-state index contributed by atoms with van der Waals surface area (Å²) in [5.41, 5.74) is 3.56. The monoisotopic (exact) mass is 429 g/mol. The third-order valence-electron chi connectivity index (χ3n) is 6.06. The van der Waals surface area contributed by atoms with E-state index >= 15 is 0 Å². The van der Waals surface area contributed by atoms with E-state index < -0.39 is 0 Å². The molecule has 32 heavy (non-hydrogen) atoms. The van der Waals surface area contributed by atoms with Crippen molar-refractivity contribution < 1.29 is 9.53 Å². The van der Waals surface area contributed by atoms with Crippen LogP contribution in [0.4, 0.5) is 5.82 Å². The van der Waals surface area contributed by atoms with Crippen molar-refractivity contribution in [1.82, 2.24) is 19.5 Å². The maximum atomic E-state index is 12.1. The van der Waals surface area contributed by atoms with Crippen LogP contribution in [0.5, 0.6) is 5.75 Å². The molecule has 0 aromatic carbocycles. The molecule has 1 N–H and O–H groups in total. The van der Waals surface area contributed by atoms with Gasteiger partial charge in [0.1, 0.15) is 11.4 Å². The van der Waals surface area contributed by atoms with Gasteiger partial charge in [-0.2, -0.15) is 5.10 Å². The number of nitrogens with one attached hydrogen (secondary N) is 1. The molecule has 1 aliphatic carbocycles. The first-order valence-electron chi connectivity index (χ1n) is 11.1. The standard InChI is InChI=1S/C25H27N5O2/c1-3-4-20-12-22(23(14-26-20)32-16-17-7-9-29(2)15-17)19-8-10-30-21(11-19)13-24(28-30)27-25(31)18-5-6-18/h8,10-14,17-18H,5-7,9,15-16H2,1-2H3,(H,27,28,31). The van der Waals surface area contributed by atoms with Crippen LogP contribution >= 0.6 is 0 Å². The molecule has 1 unspecified atom stereocenters. The summed E-state index contributed by atoms with van der Waals surface area (Å²) in [6.07, 6.45) is 6.76. The summed E-state index contributed by atoms with van der Waals surface area (Å²) in [5.74, 6) is 8.01. The number of amides is 1. The van der Waals surface area contributed by atoms with E-state index in [0.717, 1.165) is 54.7 Å². The molecule has 7 heteroatoms. The maximum absolute atomic E-state index is 12.1. The number of anilines is 1. The molecule has 164 valence electrons. The number of pyridine rings is 2. The zero-order valence-corrected chi connectivity index (χ0v) is 18.5. The van der Waals surface area contributed by atoms with E-state index in [2.05, 4.69) is 45.3 Å². The molecule has 1 aliphatic heterocycles. The van der Waals surface area contributed by atoms with Crippen molar-refractivity contribution in [2.75, 3.05) is 32.1 Å². The lowest BCUT2D eigenvalue weighted by Crippen LogP contribution is -2.18. The van der Waals surface area contributed by atoms with Crippen molar-refractivity contribution in [3.05, 3.63) is 42.4 Å². The highest BCUT2D eigenvalue weighted by Crippen LogP contribution is 2.33. The van der Waals surface area contributed by atoms with E-state index in [-0.39, 0.29) is 11.8 Å². The van der Waals surface area contributed by atoms with E-state index in [1.165, 1.54) is 0 Å². The molecular formula is C25H27N5O2. The zero-order valence-electron chi connectivity index (χ0n) is 18.5. The molecule has 4 heterocycles. The third kappa shape index (κ3) is 4.46. The maximum Gasteiger partial charge on any atom is 0.228 e. The summed E-state index contributed by atoms with van der Waals surface area (Å²) >= 11 is 0. The van der Waals surface area contributed by atoms with Crippen molar-refractivity contribution in [3.8, 4) is 28.7 Å². The topological polar surface area (TPSA) is 71.8 Å². The lowest BCUT2D eigenvalue weighted by atomic mass is 10.1. The number of hydrogen-bond acceptors (Lipinski definition) is 5. The minimum absolute atomic E-state index is 0.0544. The highest BCUT2D eigenvalue weighted by Gasteiger charge is 2.30. The number of rotatable bonds is 6. The van der Waals surface area contributed by atoms with E-state index in [1.807, 2.05) is 24.4 Å². The number of carbonyl (C=O) groups excluding carboxylic acids is 1. The van der Waals surface area contributed by atoms with Crippen LogP contribution in [-0.2, 0) is 4.79 Å². The fourth-order valence-corrected chi connectivity index (χ4v) is 4.15. The van der Waals surface area contributed by atoms with Crippen LogP contribution in [0.3, 0.4) is 0 Å². The Morgan fingerprint density at radius 1 is 1.28 bits per heavy atom. The molecule has 2 fully saturated rings. The van der Waals surface area contributed by atoms with Crippen LogP contribution in [-0.4, -0.2) is 52.1 Å². The van der Waals surface area contributed by atoms with E-state index in [0.29, 0.717) is 24.0 Å². The molecule has 1 amide bonds. The molecule has 3 aromatic heterocycles. The van der Waals surface area contributed by atoms with Gasteiger partial charge in [-0.3, -0.25) is 4.79 Å². The van der Waals surface area contributed by atoms with Gasteiger partial charge in [-0.05, 0) is 69.5 Å². The Bertz CT molecular complexity index is 1220. The molecule has 1 saturated carbocycles. The molecule has 0 spiro atoms. The quantitative estimate of drug-likeness (QED) is 0.608. The van der Waals surface area contributed by atoms with Crippen molar-refractivity contribution in [2.24, 2.45) is 11.8 Å². The van der Waals surface area contributed by atoms with Gasteiger partial charge in [0.05, 0.1) is 18.3 Å². The molecule has 0 bridgehead atoms. The van der Waals surface area contributed by atoms with Gasteiger partial charge in [-0.15, -0.1) is 0 Å². The SMILES string of the molecule is CC#Cc1cc(-c2ccn3nc(NC(=O)C4CC4)cc3c2)c(OCC2CCN(C)C2)cn1. The van der Waals surface area contributed by atoms with Crippen molar-refractivity contribution >= 4 is 17.2 Å². The predicted molar refractivity (Wildman–Crippen MR) is 123 cm³/mol.